The molecule has 0 heterocycles. The predicted molar refractivity (Wildman–Crippen MR) is 114 cm³/mol. The van der Waals surface area contributed by atoms with Crippen molar-refractivity contribution in [3.05, 3.63) is 76.9 Å². The number of nitrogens with zero attached hydrogens (tertiary/aromatic N) is 1. The maximum atomic E-state index is 13.2. The highest BCUT2D eigenvalue weighted by Crippen LogP contribution is 2.15. The molecule has 0 aliphatic heterocycles. The van der Waals surface area contributed by atoms with Crippen LogP contribution in [-0.2, 0) is 26.0 Å². The summed E-state index contributed by atoms with van der Waals surface area (Å²) < 4.78 is 39.9. The van der Waals surface area contributed by atoms with Crippen molar-refractivity contribution in [2.75, 3.05) is 13.1 Å². The number of carbonyl (C=O) groups excluding carboxylic acids is 2. The number of carbonyl (C=O) groups is 2. The average molecular weight is 433 g/mol. The molecule has 0 aliphatic carbocycles. The Morgan fingerprint density at radius 3 is 2.20 bits per heavy atom. The SMILES string of the molecule is CCN(CC)C(=O)C(Cc1ccc(F)cc1)C(=O)NS(=O)(=O)C=Cc1ccccc1. The summed E-state index contributed by atoms with van der Waals surface area (Å²) in [7, 11) is -4.11. The van der Waals surface area contributed by atoms with E-state index in [1.165, 1.54) is 35.2 Å². The van der Waals surface area contributed by atoms with Gasteiger partial charge in [0.1, 0.15) is 11.7 Å². The minimum atomic E-state index is -4.11. The second-order valence-corrected chi connectivity index (χ2v) is 8.18. The van der Waals surface area contributed by atoms with E-state index in [0.717, 1.165) is 5.41 Å². The van der Waals surface area contributed by atoms with Crippen molar-refractivity contribution in [2.24, 2.45) is 5.92 Å². The fraction of sp³-hybridized carbons (Fsp3) is 0.273. The van der Waals surface area contributed by atoms with E-state index in [1.807, 2.05) is 4.72 Å². The first kappa shape index (κ1) is 23.3. The van der Waals surface area contributed by atoms with Gasteiger partial charge in [-0.15, -0.1) is 0 Å². The maximum absolute atomic E-state index is 13.2. The molecule has 6 nitrogen and oxygen atoms in total. The monoisotopic (exact) mass is 432 g/mol. The van der Waals surface area contributed by atoms with Gasteiger partial charge in [0.15, 0.2) is 0 Å². The van der Waals surface area contributed by atoms with E-state index in [4.69, 9.17) is 0 Å². The highest BCUT2D eigenvalue weighted by molar-refractivity contribution is 7.93. The van der Waals surface area contributed by atoms with Crippen LogP contribution in [0, 0.1) is 11.7 Å². The maximum Gasteiger partial charge on any atom is 0.257 e. The lowest BCUT2D eigenvalue weighted by Gasteiger charge is -2.24. The summed E-state index contributed by atoms with van der Waals surface area (Å²) >= 11 is 0. The fourth-order valence-corrected chi connectivity index (χ4v) is 3.71. The molecule has 0 aliphatic rings. The molecule has 1 unspecified atom stereocenters. The van der Waals surface area contributed by atoms with Crippen LogP contribution in [0.5, 0.6) is 0 Å². The summed E-state index contributed by atoms with van der Waals surface area (Å²) in [5.41, 5.74) is 1.20. The van der Waals surface area contributed by atoms with Gasteiger partial charge >= 0.3 is 0 Å². The zero-order valence-electron chi connectivity index (χ0n) is 16.9. The summed E-state index contributed by atoms with van der Waals surface area (Å²) in [6.45, 7) is 4.30. The highest BCUT2D eigenvalue weighted by atomic mass is 32.2. The van der Waals surface area contributed by atoms with E-state index in [1.54, 1.807) is 44.2 Å². The van der Waals surface area contributed by atoms with E-state index >= 15 is 0 Å². The molecule has 2 aromatic rings. The van der Waals surface area contributed by atoms with Crippen molar-refractivity contribution in [3.8, 4) is 0 Å². The molecule has 2 rings (SSSR count). The molecule has 0 bridgehead atoms. The van der Waals surface area contributed by atoms with Crippen LogP contribution in [0.15, 0.2) is 60.0 Å². The molecule has 1 atom stereocenters. The first-order chi connectivity index (χ1) is 14.3. The molecule has 1 N–H and O–H groups in total. The Morgan fingerprint density at radius 1 is 1.03 bits per heavy atom. The van der Waals surface area contributed by atoms with Crippen LogP contribution in [-0.4, -0.2) is 38.2 Å². The number of hydrogen-bond donors (Lipinski definition) is 1. The lowest BCUT2D eigenvalue weighted by Crippen LogP contribution is -2.45. The molecule has 8 heteroatoms. The summed E-state index contributed by atoms with van der Waals surface area (Å²) in [6.07, 6.45) is 1.32. The fourth-order valence-electron chi connectivity index (χ4n) is 2.88. The third kappa shape index (κ3) is 6.81. The Labute approximate surface area is 176 Å². The second-order valence-electron chi connectivity index (χ2n) is 6.62. The molecular weight excluding hydrogens is 407 g/mol. The van der Waals surface area contributed by atoms with Gasteiger partial charge in [0.2, 0.25) is 11.8 Å². The molecule has 160 valence electrons. The third-order valence-corrected chi connectivity index (χ3v) is 5.50. The number of benzene rings is 2. The quantitative estimate of drug-likeness (QED) is 0.618. The van der Waals surface area contributed by atoms with Crippen LogP contribution < -0.4 is 4.72 Å². The Balaban J connectivity index is 2.23. The summed E-state index contributed by atoms with van der Waals surface area (Å²) in [5.74, 6) is -3.10. The van der Waals surface area contributed by atoms with Crippen LogP contribution in [0.1, 0.15) is 25.0 Å². The van der Waals surface area contributed by atoms with Crippen LogP contribution in [0.25, 0.3) is 6.08 Å². The van der Waals surface area contributed by atoms with Crippen molar-refractivity contribution in [1.82, 2.24) is 9.62 Å². The van der Waals surface area contributed by atoms with Crippen molar-refractivity contribution >= 4 is 27.9 Å². The highest BCUT2D eigenvalue weighted by Gasteiger charge is 2.31. The van der Waals surface area contributed by atoms with Crippen LogP contribution in [0.3, 0.4) is 0 Å². The smallest absolute Gasteiger partial charge is 0.257 e. The lowest BCUT2D eigenvalue weighted by atomic mass is 9.97. The molecule has 0 aromatic heterocycles. The minimum absolute atomic E-state index is 0.0423. The summed E-state index contributed by atoms with van der Waals surface area (Å²) in [4.78, 5) is 27.1. The minimum Gasteiger partial charge on any atom is -0.343 e. The van der Waals surface area contributed by atoms with E-state index in [0.29, 0.717) is 24.2 Å². The lowest BCUT2D eigenvalue weighted by molar-refractivity contribution is -0.141. The standard InChI is InChI=1S/C22H25FN2O4S/c1-3-25(4-2)22(27)20(16-18-10-12-19(23)13-11-18)21(26)24-30(28,29)15-14-17-8-6-5-7-9-17/h5-15,20H,3-4,16H2,1-2H3,(H,24,26). The first-order valence-electron chi connectivity index (χ1n) is 9.58. The van der Waals surface area contributed by atoms with Gasteiger partial charge in [0, 0.05) is 13.1 Å². The zero-order valence-corrected chi connectivity index (χ0v) is 17.7. The normalized spacial score (nSPS) is 12.5. The molecule has 2 aromatic carbocycles. The topological polar surface area (TPSA) is 83.6 Å². The number of hydrogen-bond acceptors (Lipinski definition) is 4. The second kappa shape index (κ2) is 10.7. The van der Waals surface area contributed by atoms with Gasteiger partial charge in [-0.3, -0.25) is 9.59 Å². The van der Waals surface area contributed by atoms with Gasteiger partial charge in [-0.05, 0) is 49.6 Å². The van der Waals surface area contributed by atoms with E-state index in [-0.39, 0.29) is 6.42 Å². The van der Waals surface area contributed by atoms with Crippen LogP contribution in [0.4, 0.5) is 4.39 Å². The Bertz CT molecular complexity index is 986. The van der Waals surface area contributed by atoms with Crippen LogP contribution >= 0.6 is 0 Å². The number of sulfonamides is 1. The van der Waals surface area contributed by atoms with Crippen molar-refractivity contribution in [1.29, 1.82) is 0 Å². The van der Waals surface area contributed by atoms with Gasteiger partial charge in [-0.25, -0.2) is 17.5 Å². The molecule has 0 saturated carbocycles. The zero-order chi connectivity index (χ0) is 22.1. The van der Waals surface area contributed by atoms with E-state index in [9.17, 15) is 22.4 Å². The Kier molecular flexibility index (Phi) is 8.29. The Hall–Kier alpha value is -3.00. The molecule has 0 spiro atoms. The van der Waals surface area contributed by atoms with Crippen molar-refractivity contribution in [2.45, 2.75) is 20.3 Å². The molecule has 0 fully saturated rings. The Morgan fingerprint density at radius 2 is 1.63 bits per heavy atom. The number of nitrogens with one attached hydrogen (secondary N) is 1. The van der Waals surface area contributed by atoms with Crippen LogP contribution in [0.2, 0.25) is 0 Å². The van der Waals surface area contributed by atoms with E-state index < -0.39 is 33.6 Å². The number of amides is 2. The van der Waals surface area contributed by atoms with Gasteiger partial charge < -0.3 is 4.90 Å². The average Bonchev–Trinajstić information content (AvgIpc) is 2.73. The van der Waals surface area contributed by atoms with Crippen molar-refractivity contribution in [3.63, 3.8) is 0 Å². The van der Waals surface area contributed by atoms with Gasteiger partial charge in [-0.2, -0.15) is 0 Å². The number of rotatable bonds is 9. The summed E-state index contributed by atoms with van der Waals surface area (Å²) in [5, 5.41) is 0.886. The number of halogens is 1. The molecule has 30 heavy (non-hydrogen) atoms. The van der Waals surface area contributed by atoms with E-state index in [2.05, 4.69) is 0 Å². The van der Waals surface area contributed by atoms with Gasteiger partial charge in [0.25, 0.3) is 10.0 Å². The predicted octanol–water partition coefficient (Wildman–Crippen LogP) is 2.97. The first-order valence-corrected chi connectivity index (χ1v) is 11.1. The largest absolute Gasteiger partial charge is 0.343 e. The van der Waals surface area contributed by atoms with Crippen molar-refractivity contribution < 1.29 is 22.4 Å². The molecule has 2 amide bonds. The summed E-state index contributed by atoms with van der Waals surface area (Å²) in [6, 6.07) is 14.1. The molecule has 0 radical (unpaired) electrons. The van der Waals surface area contributed by atoms with Gasteiger partial charge in [-0.1, -0.05) is 42.5 Å². The van der Waals surface area contributed by atoms with Gasteiger partial charge in [0.05, 0.1) is 5.41 Å². The third-order valence-electron chi connectivity index (χ3n) is 4.52. The molecule has 0 saturated heterocycles. The molecular formula is C22H25FN2O4S.